The number of fused-ring (bicyclic) bond motifs is 1. The molecule has 2 aromatic rings. The number of hydrogen-bond acceptors (Lipinski definition) is 5. The second-order valence-electron chi connectivity index (χ2n) is 4.76. The van der Waals surface area contributed by atoms with Gasteiger partial charge in [0.25, 0.3) is 0 Å². The van der Waals surface area contributed by atoms with Crippen LogP contribution in [0.5, 0.6) is 23.0 Å². The Kier molecular flexibility index (Phi) is 3.43. The monoisotopic (exact) mass is 307 g/mol. The van der Waals surface area contributed by atoms with E-state index in [-0.39, 0.29) is 24.3 Å². The summed E-state index contributed by atoms with van der Waals surface area (Å²) in [6.07, 6.45) is 0. The molecule has 3 rings (SSSR count). The molecular weight excluding hydrogens is 294 g/mol. The van der Waals surface area contributed by atoms with Crippen molar-refractivity contribution in [3.05, 3.63) is 40.9 Å². The molecule has 1 aliphatic heterocycles. The largest absolute Gasteiger partial charge is 0.507 e. The van der Waals surface area contributed by atoms with Crippen molar-refractivity contribution in [1.29, 1.82) is 0 Å². The zero-order valence-corrected chi connectivity index (χ0v) is 12.0. The Morgan fingerprint density at radius 3 is 2.43 bits per heavy atom. The molecule has 0 saturated carbocycles. The second-order valence-corrected chi connectivity index (χ2v) is 5.17. The molecule has 0 amide bonds. The summed E-state index contributed by atoms with van der Waals surface area (Å²) in [6, 6.07) is 7.68. The number of ether oxygens (including phenoxy) is 2. The SMILES string of the molecule is CC(Nc1cc2c(cc1Cl)OCO2)c1c(O)cccc1O. The van der Waals surface area contributed by atoms with Gasteiger partial charge in [-0.15, -0.1) is 0 Å². The normalized spacial score (nSPS) is 14.0. The van der Waals surface area contributed by atoms with Crippen molar-refractivity contribution in [3.63, 3.8) is 0 Å². The van der Waals surface area contributed by atoms with E-state index >= 15 is 0 Å². The Balaban J connectivity index is 1.90. The molecule has 6 heteroatoms. The van der Waals surface area contributed by atoms with Crippen LogP contribution in [0, 0.1) is 0 Å². The lowest BCUT2D eigenvalue weighted by Crippen LogP contribution is -2.07. The minimum Gasteiger partial charge on any atom is -0.507 e. The Labute approximate surface area is 126 Å². The molecular formula is C15H14ClNO4. The van der Waals surface area contributed by atoms with Gasteiger partial charge in [0.05, 0.1) is 22.3 Å². The van der Waals surface area contributed by atoms with Crippen LogP contribution in [0.3, 0.4) is 0 Å². The minimum absolute atomic E-state index is 0.0202. The van der Waals surface area contributed by atoms with Crippen LogP contribution >= 0.6 is 11.6 Å². The van der Waals surface area contributed by atoms with Crippen LogP contribution in [0.1, 0.15) is 18.5 Å². The van der Waals surface area contributed by atoms with Crippen LogP contribution in [0.2, 0.25) is 5.02 Å². The van der Waals surface area contributed by atoms with Crippen molar-refractivity contribution in [1.82, 2.24) is 0 Å². The second kappa shape index (κ2) is 5.26. The molecule has 1 aliphatic rings. The average Bonchev–Trinajstić information content (AvgIpc) is 2.86. The highest BCUT2D eigenvalue weighted by Gasteiger charge is 2.20. The van der Waals surface area contributed by atoms with Gasteiger partial charge in [0, 0.05) is 12.1 Å². The van der Waals surface area contributed by atoms with Gasteiger partial charge >= 0.3 is 0 Å². The topological polar surface area (TPSA) is 71.0 Å². The standard InChI is InChI=1S/C15H14ClNO4/c1-8(15-11(18)3-2-4-12(15)19)17-10-6-14-13(5-9(10)16)20-7-21-14/h2-6,8,17-19H,7H2,1H3. The highest BCUT2D eigenvalue weighted by Crippen LogP contribution is 2.41. The van der Waals surface area contributed by atoms with Crippen LogP contribution < -0.4 is 14.8 Å². The van der Waals surface area contributed by atoms with E-state index in [0.29, 0.717) is 27.8 Å². The fourth-order valence-corrected chi connectivity index (χ4v) is 2.53. The molecule has 1 atom stereocenters. The number of nitrogens with one attached hydrogen (secondary N) is 1. The minimum atomic E-state index is -0.343. The maximum Gasteiger partial charge on any atom is 0.231 e. The average molecular weight is 308 g/mol. The van der Waals surface area contributed by atoms with Gasteiger partial charge in [0.2, 0.25) is 6.79 Å². The van der Waals surface area contributed by atoms with Crippen molar-refractivity contribution in [2.45, 2.75) is 13.0 Å². The molecule has 1 unspecified atom stereocenters. The smallest absolute Gasteiger partial charge is 0.231 e. The van der Waals surface area contributed by atoms with Gasteiger partial charge in [-0.3, -0.25) is 0 Å². The Morgan fingerprint density at radius 2 is 1.76 bits per heavy atom. The lowest BCUT2D eigenvalue weighted by molar-refractivity contribution is 0.174. The fourth-order valence-electron chi connectivity index (χ4n) is 2.32. The molecule has 0 aromatic heterocycles. The van der Waals surface area contributed by atoms with Gasteiger partial charge in [-0.1, -0.05) is 17.7 Å². The van der Waals surface area contributed by atoms with Crippen molar-refractivity contribution in [2.75, 3.05) is 12.1 Å². The van der Waals surface area contributed by atoms with E-state index in [1.807, 2.05) is 6.92 Å². The van der Waals surface area contributed by atoms with Crippen LogP contribution in [-0.4, -0.2) is 17.0 Å². The number of benzene rings is 2. The first kappa shape index (κ1) is 13.7. The third-order valence-corrected chi connectivity index (χ3v) is 3.64. The molecule has 0 spiro atoms. The number of rotatable bonds is 3. The van der Waals surface area contributed by atoms with Crippen LogP contribution in [-0.2, 0) is 0 Å². The van der Waals surface area contributed by atoms with Crippen LogP contribution in [0.4, 0.5) is 5.69 Å². The first-order chi connectivity index (χ1) is 10.1. The predicted molar refractivity (Wildman–Crippen MR) is 79.4 cm³/mol. The number of aromatic hydroxyl groups is 2. The lowest BCUT2D eigenvalue weighted by Gasteiger charge is -2.19. The molecule has 0 fully saturated rings. The summed E-state index contributed by atoms with van der Waals surface area (Å²) in [5.41, 5.74) is 1.04. The molecule has 2 aromatic carbocycles. The number of phenols is 2. The predicted octanol–water partition coefficient (Wildman–Crippen LogP) is 3.65. The van der Waals surface area contributed by atoms with Gasteiger partial charge in [-0.2, -0.15) is 0 Å². The summed E-state index contributed by atoms with van der Waals surface area (Å²) in [5, 5.41) is 23.4. The molecule has 110 valence electrons. The molecule has 0 saturated heterocycles. The first-order valence-corrected chi connectivity index (χ1v) is 6.80. The maximum atomic E-state index is 9.89. The molecule has 0 bridgehead atoms. The molecule has 1 heterocycles. The number of anilines is 1. The van der Waals surface area contributed by atoms with Gasteiger partial charge in [0.1, 0.15) is 11.5 Å². The zero-order valence-electron chi connectivity index (χ0n) is 11.3. The van der Waals surface area contributed by atoms with E-state index in [9.17, 15) is 10.2 Å². The van der Waals surface area contributed by atoms with Crippen molar-refractivity contribution in [3.8, 4) is 23.0 Å². The summed E-state index contributed by atoms with van der Waals surface area (Å²) >= 11 is 6.20. The number of phenolic OH excluding ortho intramolecular Hbond substituents is 2. The van der Waals surface area contributed by atoms with Crippen LogP contribution in [0.25, 0.3) is 0 Å². The highest BCUT2D eigenvalue weighted by molar-refractivity contribution is 6.33. The summed E-state index contributed by atoms with van der Waals surface area (Å²) in [7, 11) is 0. The molecule has 5 nitrogen and oxygen atoms in total. The molecule has 21 heavy (non-hydrogen) atoms. The van der Waals surface area contributed by atoms with E-state index in [1.54, 1.807) is 18.2 Å². The van der Waals surface area contributed by atoms with E-state index in [2.05, 4.69) is 5.32 Å². The summed E-state index contributed by atoms with van der Waals surface area (Å²) < 4.78 is 10.6. The Morgan fingerprint density at radius 1 is 1.14 bits per heavy atom. The lowest BCUT2D eigenvalue weighted by atomic mass is 10.1. The van der Waals surface area contributed by atoms with Crippen molar-refractivity contribution >= 4 is 17.3 Å². The van der Waals surface area contributed by atoms with E-state index in [0.717, 1.165) is 0 Å². The van der Waals surface area contributed by atoms with Gasteiger partial charge in [0.15, 0.2) is 11.5 Å². The van der Waals surface area contributed by atoms with Crippen molar-refractivity contribution in [2.24, 2.45) is 0 Å². The van der Waals surface area contributed by atoms with Crippen molar-refractivity contribution < 1.29 is 19.7 Å². The first-order valence-electron chi connectivity index (χ1n) is 6.43. The Bertz CT molecular complexity index is 669. The maximum absolute atomic E-state index is 9.89. The van der Waals surface area contributed by atoms with E-state index in [4.69, 9.17) is 21.1 Å². The number of halogens is 1. The van der Waals surface area contributed by atoms with E-state index in [1.165, 1.54) is 12.1 Å². The number of hydrogen-bond donors (Lipinski definition) is 3. The van der Waals surface area contributed by atoms with Gasteiger partial charge in [-0.05, 0) is 19.1 Å². The van der Waals surface area contributed by atoms with Crippen LogP contribution in [0.15, 0.2) is 30.3 Å². The third-order valence-electron chi connectivity index (χ3n) is 3.33. The Hall–Kier alpha value is -2.27. The summed E-state index contributed by atoms with van der Waals surface area (Å²) in [4.78, 5) is 0. The highest BCUT2D eigenvalue weighted by atomic mass is 35.5. The quantitative estimate of drug-likeness (QED) is 0.807. The summed E-state index contributed by atoms with van der Waals surface area (Å²) in [5.74, 6) is 1.25. The molecule has 3 N–H and O–H groups in total. The summed E-state index contributed by atoms with van der Waals surface area (Å²) in [6.45, 7) is 1.99. The third kappa shape index (κ3) is 2.52. The zero-order chi connectivity index (χ0) is 15.0. The molecule has 0 radical (unpaired) electrons. The van der Waals surface area contributed by atoms with Gasteiger partial charge in [-0.25, -0.2) is 0 Å². The fraction of sp³-hybridized carbons (Fsp3) is 0.200. The van der Waals surface area contributed by atoms with E-state index < -0.39 is 0 Å². The molecule has 0 aliphatic carbocycles. The van der Waals surface area contributed by atoms with Gasteiger partial charge < -0.3 is 25.0 Å².